The number of carboxylic acids is 1. The maximum atomic E-state index is 13.2. The zero-order valence-electron chi connectivity index (χ0n) is 16.0. The molecule has 0 spiro atoms. The van der Waals surface area contributed by atoms with Gasteiger partial charge in [-0.15, -0.1) is 0 Å². The van der Waals surface area contributed by atoms with Crippen LogP contribution in [0.25, 0.3) is 28.0 Å². The van der Waals surface area contributed by atoms with Crippen LogP contribution in [0.3, 0.4) is 0 Å². The molecule has 4 rings (SSSR count). The minimum Gasteiger partial charge on any atom is -0.508 e. The van der Waals surface area contributed by atoms with Crippen molar-refractivity contribution in [2.24, 2.45) is 0 Å². The van der Waals surface area contributed by atoms with Crippen LogP contribution < -0.4 is 0 Å². The Morgan fingerprint density at radius 1 is 0.900 bits per heavy atom. The molecule has 0 amide bonds. The number of hydrogen-bond donors (Lipinski definition) is 2. The minimum absolute atomic E-state index is 0.202. The van der Waals surface area contributed by atoms with E-state index in [1.54, 1.807) is 48.5 Å². The molecule has 0 bridgehead atoms. The van der Waals surface area contributed by atoms with Crippen LogP contribution in [0.15, 0.2) is 84.9 Å². The molecule has 0 unspecified atom stereocenters. The van der Waals surface area contributed by atoms with Gasteiger partial charge in [-0.3, -0.25) is 0 Å². The van der Waals surface area contributed by atoms with Gasteiger partial charge >= 0.3 is 5.97 Å². The van der Waals surface area contributed by atoms with E-state index in [1.165, 1.54) is 12.1 Å². The Bertz CT molecular complexity index is 1260. The molecule has 0 saturated carbocycles. The summed E-state index contributed by atoms with van der Waals surface area (Å²) in [6, 6.07) is 22.4. The molecule has 0 aliphatic carbocycles. The van der Waals surface area contributed by atoms with Gasteiger partial charge in [0, 0.05) is 0 Å². The average Bonchev–Trinajstić information content (AvgIpc) is 2.74. The number of carboxylic acid groups (broad SMARTS) is 1. The van der Waals surface area contributed by atoms with Crippen molar-refractivity contribution in [2.75, 3.05) is 0 Å². The summed E-state index contributed by atoms with van der Waals surface area (Å²) in [7, 11) is 0. The normalized spacial score (nSPS) is 11.2. The smallest absolute Gasteiger partial charge is 0.336 e. The highest BCUT2D eigenvalue weighted by atomic mass is 19.1. The Kier molecular flexibility index (Phi) is 5.31. The van der Waals surface area contributed by atoms with Gasteiger partial charge in [-0.1, -0.05) is 54.6 Å². The molecule has 0 atom stereocenters. The molecule has 4 aromatic carbocycles. The lowest BCUT2D eigenvalue weighted by Crippen LogP contribution is -1.99. The number of phenolic OH excluding ortho intramolecular Hbond substituents is 1. The molecular weight excluding hydrogens is 379 g/mol. The van der Waals surface area contributed by atoms with Gasteiger partial charge in [0.1, 0.15) is 11.6 Å². The number of fused-ring (bicyclic) bond motifs is 1. The second-order valence-corrected chi connectivity index (χ2v) is 7.04. The van der Waals surface area contributed by atoms with Crippen molar-refractivity contribution in [3.8, 4) is 16.9 Å². The van der Waals surface area contributed by atoms with E-state index >= 15 is 0 Å². The summed E-state index contributed by atoms with van der Waals surface area (Å²) in [5.41, 5.74) is 3.44. The molecule has 30 heavy (non-hydrogen) atoms. The van der Waals surface area contributed by atoms with E-state index in [2.05, 4.69) is 0 Å². The van der Waals surface area contributed by atoms with Gasteiger partial charge < -0.3 is 10.2 Å². The summed E-state index contributed by atoms with van der Waals surface area (Å²) in [5.74, 6) is -1.11. The number of rotatable bonds is 5. The van der Waals surface area contributed by atoms with Crippen LogP contribution in [-0.4, -0.2) is 16.2 Å². The molecule has 0 fully saturated rings. The Balaban J connectivity index is 1.67. The number of halogens is 1. The molecule has 0 aliphatic rings. The standard InChI is InChI=1S/C26H19FO3/c27-22-11-7-17(8-12-22)20-10-14-24(26(29)30)21(15-20)6-2-4-18-3-1-5-19-9-13-23(28)16-25(18)19/h1-3,5-16,28H,4H2,(H,29,30)/b6-2+. The second-order valence-electron chi connectivity index (χ2n) is 7.04. The number of allylic oxidation sites excluding steroid dienone is 1. The number of phenols is 1. The van der Waals surface area contributed by atoms with E-state index in [-0.39, 0.29) is 17.1 Å². The third-order valence-electron chi connectivity index (χ3n) is 5.05. The van der Waals surface area contributed by atoms with Gasteiger partial charge in [-0.2, -0.15) is 0 Å². The first-order chi connectivity index (χ1) is 14.5. The van der Waals surface area contributed by atoms with E-state index < -0.39 is 5.97 Å². The largest absolute Gasteiger partial charge is 0.508 e. The van der Waals surface area contributed by atoms with Crippen molar-refractivity contribution >= 4 is 22.8 Å². The Hall–Kier alpha value is -3.92. The molecule has 0 aromatic heterocycles. The Morgan fingerprint density at radius 2 is 1.67 bits per heavy atom. The van der Waals surface area contributed by atoms with Crippen LogP contribution in [0.2, 0.25) is 0 Å². The predicted octanol–water partition coefficient (Wildman–Crippen LogP) is 6.31. The number of aromatic hydroxyl groups is 1. The van der Waals surface area contributed by atoms with Gasteiger partial charge in [0.15, 0.2) is 0 Å². The Labute approximate surface area is 173 Å². The van der Waals surface area contributed by atoms with Crippen LogP contribution in [0.1, 0.15) is 21.5 Å². The van der Waals surface area contributed by atoms with Crippen LogP contribution in [0, 0.1) is 5.82 Å². The molecule has 2 N–H and O–H groups in total. The van der Waals surface area contributed by atoms with Crippen molar-refractivity contribution in [3.05, 3.63) is 107 Å². The predicted molar refractivity (Wildman–Crippen MR) is 117 cm³/mol. The molecule has 4 heteroatoms. The molecule has 0 aliphatic heterocycles. The van der Waals surface area contributed by atoms with E-state index in [4.69, 9.17) is 0 Å². The third kappa shape index (κ3) is 4.08. The van der Waals surface area contributed by atoms with Crippen molar-refractivity contribution in [1.82, 2.24) is 0 Å². The van der Waals surface area contributed by atoms with Crippen molar-refractivity contribution in [3.63, 3.8) is 0 Å². The molecular formula is C26H19FO3. The van der Waals surface area contributed by atoms with Crippen LogP contribution in [0.5, 0.6) is 5.75 Å². The lowest BCUT2D eigenvalue weighted by molar-refractivity contribution is 0.0696. The third-order valence-corrected chi connectivity index (χ3v) is 5.05. The highest BCUT2D eigenvalue weighted by Gasteiger charge is 2.10. The second kappa shape index (κ2) is 8.21. The summed E-state index contributed by atoms with van der Waals surface area (Å²) in [6.45, 7) is 0. The summed E-state index contributed by atoms with van der Waals surface area (Å²) >= 11 is 0. The van der Waals surface area contributed by atoms with Crippen molar-refractivity contribution in [1.29, 1.82) is 0 Å². The minimum atomic E-state index is -1.00. The highest BCUT2D eigenvalue weighted by Crippen LogP contribution is 2.26. The molecule has 148 valence electrons. The topological polar surface area (TPSA) is 57.5 Å². The fraction of sp³-hybridized carbons (Fsp3) is 0.0385. The first-order valence-corrected chi connectivity index (χ1v) is 9.52. The molecule has 3 nitrogen and oxygen atoms in total. The fourth-order valence-corrected chi connectivity index (χ4v) is 3.53. The van der Waals surface area contributed by atoms with Gasteiger partial charge in [0.2, 0.25) is 0 Å². The first-order valence-electron chi connectivity index (χ1n) is 9.52. The van der Waals surface area contributed by atoms with Crippen molar-refractivity contribution in [2.45, 2.75) is 6.42 Å². The number of carbonyl (C=O) groups is 1. The average molecular weight is 398 g/mol. The van der Waals surface area contributed by atoms with Crippen LogP contribution >= 0.6 is 0 Å². The van der Waals surface area contributed by atoms with Gasteiger partial charge in [0.05, 0.1) is 5.56 Å². The van der Waals surface area contributed by atoms with Gasteiger partial charge in [0.25, 0.3) is 0 Å². The number of hydrogen-bond acceptors (Lipinski definition) is 2. The maximum absolute atomic E-state index is 13.2. The molecule has 4 aromatic rings. The Morgan fingerprint density at radius 3 is 2.43 bits per heavy atom. The zero-order chi connectivity index (χ0) is 21.1. The van der Waals surface area contributed by atoms with Crippen LogP contribution in [0.4, 0.5) is 4.39 Å². The lowest BCUT2D eigenvalue weighted by Gasteiger charge is -2.08. The van der Waals surface area contributed by atoms with Gasteiger partial charge in [-0.05, 0) is 75.8 Å². The number of benzene rings is 4. The molecule has 0 saturated heterocycles. The fourth-order valence-electron chi connectivity index (χ4n) is 3.53. The SMILES string of the molecule is O=C(O)c1ccc(-c2ccc(F)cc2)cc1/C=C/Cc1cccc2ccc(O)cc12. The van der Waals surface area contributed by atoms with Gasteiger partial charge in [-0.25, -0.2) is 9.18 Å². The lowest BCUT2D eigenvalue weighted by atomic mass is 9.97. The van der Waals surface area contributed by atoms with E-state index in [0.717, 1.165) is 27.5 Å². The number of aromatic carboxylic acids is 1. The summed E-state index contributed by atoms with van der Waals surface area (Å²) in [5, 5.41) is 21.3. The maximum Gasteiger partial charge on any atom is 0.336 e. The highest BCUT2D eigenvalue weighted by molar-refractivity contribution is 5.93. The van der Waals surface area contributed by atoms with E-state index in [1.807, 2.05) is 30.3 Å². The molecule has 0 radical (unpaired) electrons. The monoisotopic (exact) mass is 398 g/mol. The van der Waals surface area contributed by atoms with E-state index in [9.17, 15) is 19.4 Å². The quantitative estimate of drug-likeness (QED) is 0.414. The van der Waals surface area contributed by atoms with E-state index in [0.29, 0.717) is 12.0 Å². The summed E-state index contributed by atoms with van der Waals surface area (Å²) < 4.78 is 13.2. The first kappa shape index (κ1) is 19.4. The zero-order valence-corrected chi connectivity index (χ0v) is 16.0. The van der Waals surface area contributed by atoms with Crippen molar-refractivity contribution < 1.29 is 19.4 Å². The summed E-state index contributed by atoms with van der Waals surface area (Å²) in [6.07, 6.45) is 4.29. The summed E-state index contributed by atoms with van der Waals surface area (Å²) in [4.78, 5) is 11.6. The molecule has 0 heterocycles. The van der Waals surface area contributed by atoms with Crippen LogP contribution in [-0.2, 0) is 6.42 Å².